The van der Waals surface area contributed by atoms with Crippen LogP contribution in [0.15, 0.2) is 24.3 Å². The molecule has 0 radical (unpaired) electrons. The third kappa shape index (κ3) is 3.46. The maximum absolute atomic E-state index is 13.6. The van der Waals surface area contributed by atoms with Crippen molar-refractivity contribution < 1.29 is 18.7 Å². The summed E-state index contributed by atoms with van der Waals surface area (Å²) in [6.45, 7) is 2.80. The maximum Gasteiger partial charge on any atom is 0.325 e. The number of piperidine rings is 1. The smallest absolute Gasteiger partial charge is 0.325 e. The van der Waals surface area contributed by atoms with E-state index in [9.17, 15) is 14.0 Å². The number of nitrogens with zero attached hydrogens (tertiary/aromatic N) is 1. The van der Waals surface area contributed by atoms with Crippen LogP contribution in [0.1, 0.15) is 31.2 Å². The van der Waals surface area contributed by atoms with Crippen molar-refractivity contribution >= 4 is 11.9 Å². The molecular formula is C20H26FN3O3. The van der Waals surface area contributed by atoms with Crippen LogP contribution < -0.4 is 10.6 Å². The van der Waals surface area contributed by atoms with Crippen LogP contribution in [0.2, 0.25) is 0 Å². The molecule has 3 amide bonds. The van der Waals surface area contributed by atoms with Gasteiger partial charge >= 0.3 is 6.03 Å². The summed E-state index contributed by atoms with van der Waals surface area (Å²) < 4.78 is 18.7. The molecule has 0 spiro atoms. The molecule has 146 valence electrons. The molecule has 7 heteroatoms. The van der Waals surface area contributed by atoms with Gasteiger partial charge in [0.2, 0.25) is 0 Å². The number of nitrogens with one attached hydrogen (secondary N) is 2. The van der Waals surface area contributed by atoms with Crippen molar-refractivity contribution in [2.75, 3.05) is 26.3 Å². The van der Waals surface area contributed by atoms with Gasteiger partial charge in [0.15, 0.2) is 0 Å². The first-order valence-corrected chi connectivity index (χ1v) is 9.79. The van der Waals surface area contributed by atoms with Crippen molar-refractivity contribution in [1.29, 1.82) is 0 Å². The van der Waals surface area contributed by atoms with Gasteiger partial charge in [-0.05, 0) is 62.4 Å². The second-order valence-corrected chi connectivity index (χ2v) is 7.75. The van der Waals surface area contributed by atoms with Gasteiger partial charge in [-0.2, -0.15) is 0 Å². The molecule has 3 fully saturated rings. The molecule has 27 heavy (non-hydrogen) atoms. The highest BCUT2D eigenvalue weighted by Gasteiger charge is 2.57. The molecule has 3 heterocycles. The molecule has 4 rings (SSSR count). The zero-order valence-corrected chi connectivity index (χ0v) is 15.4. The Balaban J connectivity index is 1.66. The average Bonchev–Trinajstić information content (AvgIpc) is 2.95. The Labute approximate surface area is 158 Å². The summed E-state index contributed by atoms with van der Waals surface area (Å²) in [5, 5.41) is 6.40. The summed E-state index contributed by atoms with van der Waals surface area (Å²) in [4.78, 5) is 27.9. The first-order chi connectivity index (χ1) is 13.1. The van der Waals surface area contributed by atoms with Gasteiger partial charge in [-0.15, -0.1) is 0 Å². The molecule has 1 aromatic rings. The van der Waals surface area contributed by atoms with E-state index < -0.39 is 5.54 Å². The summed E-state index contributed by atoms with van der Waals surface area (Å²) in [5.41, 5.74) is -0.0904. The highest BCUT2D eigenvalue weighted by molar-refractivity contribution is 6.07. The Morgan fingerprint density at radius 3 is 2.41 bits per heavy atom. The van der Waals surface area contributed by atoms with E-state index in [4.69, 9.17) is 4.74 Å². The Kier molecular flexibility index (Phi) is 5.14. The molecular weight excluding hydrogens is 349 g/mol. The van der Waals surface area contributed by atoms with Crippen LogP contribution in [-0.4, -0.2) is 54.7 Å². The number of ether oxygens (including phenoxy) is 1. The molecule has 2 N–H and O–H groups in total. The number of hydrogen-bond donors (Lipinski definition) is 2. The minimum atomic E-state index is -0.949. The van der Waals surface area contributed by atoms with Gasteiger partial charge in [0.25, 0.3) is 5.91 Å². The van der Waals surface area contributed by atoms with Crippen LogP contribution in [0.3, 0.4) is 0 Å². The number of carbonyl (C=O) groups is 2. The van der Waals surface area contributed by atoms with Crippen molar-refractivity contribution in [3.8, 4) is 0 Å². The summed E-state index contributed by atoms with van der Waals surface area (Å²) in [7, 11) is 0. The quantitative estimate of drug-likeness (QED) is 0.788. The third-order valence-corrected chi connectivity index (χ3v) is 6.14. The highest BCUT2D eigenvalue weighted by Crippen LogP contribution is 2.37. The van der Waals surface area contributed by atoms with Crippen molar-refractivity contribution in [3.05, 3.63) is 35.6 Å². The van der Waals surface area contributed by atoms with Crippen LogP contribution >= 0.6 is 0 Å². The maximum atomic E-state index is 13.6. The van der Waals surface area contributed by atoms with Crippen molar-refractivity contribution in [2.45, 2.75) is 43.7 Å². The largest absolute Gasteiger partial charge is 0.381 e. The van der Waals surface area contributed by atoms with Gasteiger partial charge in [0.1, 0.15) is 11.4 Å². The van der Waals surface area contributed by atoms with Gasteiger partial charge in [-0.25, -0.2) is 9.18 Å². The molecule has 6 nitrogen and oxygen atoms in total. The SMILES string of the molecule is O=C1N[C@](Cc2ccc(F)cc2)(C2CCNCC2)C(=O)N1C1CCOCC1. The van der Waals surface area contributed by atoms with Gasteiger partial charge in [-0.1, -0.05) is 12.1 Å². The number of hydrogen-bond acceptors (Lipinski definition) is 4. The molecule has 0 unspecified atom stereocenters. The lowest BCUT2D eigenvalue weighted by molar-refractivity contribution is -0.136. The zero-order chi connectivity index (χ0) is 18.9. The monoisotopic (exact) mass is 375 g/mol. The molecule has 3 aliphatic heterocycles. The average molecular weight is 375 g/mol. The van der Waals surface area contributed by atoms with E-state index in [0.717, 1.165) is 31.5 Å². The summed E-state index contributed by atoms with van der Waals surface area (Å²) in [6, 6.07) is 5.81. The van der Waals surface area contributed by atoms with Crippen LogP contribution in [0.4, 0.5) is 9.18 Å². The van der Waals surface area contributed by atoms with Gasteiger partial charge in [-0.3, -0.25) is 9.69 Å². The van der Waals surface area contributed by atoms with E-state index in [1.165, 1.54) is 17.0 Å². The first-order valence-electron chi connectivity index (χ1n) is 9.79. The normalized spacial score (nSPS) is 27.8. The molecule has 1 atom stereocenters. The second-order valence-electron chi connectivity index (χ2n) is 7.75. The van der Waals surface area contributed by atoms with E-state index in [-0.39, 0.29) is 29.7 Å². The van der Waals surface area contributed by atoms with Gasteiger partial charge in [0.05, 0.1) is 0 Å². The van der Waals surface area contributed by atoms with Crippen molar-refractivity contribution in [1.82, 2.24) is 15.5 Å². The third-order valence-electron chi connectivity index (χ3n) is 6.14. The molecule has 3 saturated heterocycles. The highest BCUT2D eigenvalue weighted by atomic mass is 19.1. The van der Waals surface area contributed by atoms with Crippen LogP contribution in [-0.2, 0) is 16.0 Å². The van der Waals surface area contributed by atoms with E-state index in [1.807, 2.05) is 0 Å². The molecule has 0 bridgehead atoms. The minimum absolute atomic E-state index is 0.0603. The fourth-order valence-electron chi connectivity index (χ4n) is 4.67. The fourth-order valence-corrected chi connectivity index (χ4v) is 4.67. The van der Waals surface area contributed by atoms with Crippen molar-refractivity contribution in [2.24, 2.45) is 5.92 Å². The van der Waals surface area contributed by atoms with Crippen LogP contribution in [0, 0.1) is 11.7 Å². The summed E-state index contributed by atoms with van der Waals surface area (Å²) in [6.07, 6.45) is 3.40. The second kappa shape index (κ2) is 7.56. The number of carbonyl (C=O) groups excluding carboxylic acids is 2. The molecule has 0 aromatic heterocycles. The summed E-state index contributed by atoms with van der Waals surface area (Å²) >= 11 is 0. The molecule has 3 aliphatic rings. The lowest BCUT2D eigenvalue weighted by Crippen LogP contribution is -2.57. The molecule has 0 aliphatic carbocycles. The van der Waals surface area contributed by atoms with Crippen molar-refractivity contribution in [3.63, 3.8) is 0 Å². The zero-order valence-electron chi connectivity index (χ0n) is 15.4. The Morgan fingerprint density at radius 1 is 1.07 bits per heavy atom. The Bertz CT molecular complexity index is 699. The predicted molar refractivity (Wildman–Crippen MR) is 97.6 cm³/mol. The van der Waals surface area contributed by atoms with Gasteiger partial charge < -0.3 is 15.4 Å². The number of urea groups is 1. The number of imide groups is 1. The standard InChI is InChI=1S/C20H26FN3O3/c21-16-3-1-14(2-4-16)13-20(15-5-9-22-10-6-15)18(25)24(19(26)23-20)17-7-11-27-12-8-17/h1-4,15,17,22H,5-13H2,(H,23,26)/t20-/m1/s1. The Morgan fingerprint density at radius 2 is 1.74 bits per heavy atom. The molecule has 0 saturated carbocycles. The predicted octanol–water partition coefficient (Wildman–Crippen LogP) is 1.84. The first kappa shape index (κ1) is 18.4. The minimum Gasteiger partial charge on any atom is -0.381 e. The van der Waals surface area contributed by atoms with E-state index in [1.54, 1.807) is 12.1 Å². The van der Waals surface area contributed by atoms with Crippen LogP contribution in [0.5, 0.6) is 0 Å². The lowest BCUT2D eigenvalue weighted by atomic mass is 9.74. The van der Waals surface area contributed by atoms with E-state index >= 15 is 0 Å². The van der Waals surface area contributed by atoms with E-state index in [2.05, 4.69) is 10.6 Å². The van der Waals surface area contributed by atoms with Gasteiger partial charge in [0, 0.05) is 25.7 Å². The van der Waals surface area contributed by atoms with E-state index in [0.29, 0.717) is 32.5 Å². The fraction of sp³-hybridized carbons (Fsp3) is 0.600. The number of halogens is 1. The lowest BCUT2D eigenvalue weighted by Gasteiger charge is -2.38. The van der Waals surface area contributed by atoms with Crippen LogP contribution in [0.25, 0.3) is 0 Å². The number of amides is 3. The number of benzene rings is 1. The molecule has 1 aromatic carbocycles. The number of rotatable bonds is 4. The summed E-state index contributed by atoms with van der Waals surface area (Å²) in [5.74, 6) is -0.374. The Hall–Kier alpha value is -1.99. The topological polar surface area (TPSA) is 70.7 Å².